The molecule has 1 aromatic rings. The van der Waals surface area contributed by atoms with E-state index in [1.165, 1.54) is 0 Å². The molecule has 1 N–H and O–H groups in total. The van der Waals surface area contributed by atoms with E-state index in [9.17, 15) is 5.11 Å². The van der Waals surface area contributed by atoms with Crippen LogP contribution in [-0.4, -0.2) is 14.9 Å². The number of aromatic hydroxyl groups is 1. The highest BCUT2D eigenvalue weighted by Crippen LogP contribution is 2.24. The minimum absolute atomic E-state index is 0.419. The van der Waals surface area contributed by atoms with Crippen LogP contribution in [-0.2, 0) is 19.4 Å². The maximum atomic E-state index is 9.88. The van der Waals surface area contributed by atoms with E-state index < -0.39 is 0 Å². The summed E-state index contributed by atoms with van der Waals surface area (Å²) in [5.41, 5.74) is 1.84. The summed E-state index contributed by atoms with van der Waals surface area (Å²) in [6.45, 7) is 7.17. The van der Waals surface area contributed by atoms with Gasteiger partial charge in [0.2, 0.25) is 0 Å². The van der Waals surface area contributed by atoms with Gasteiger partial charge in [-0.3, -0.25) is 4.68 Å². The summed E-state index contributed by atoms with van der Waals surface area (Å²) in [5.74, 6) is 0.419. The topological polar surface area (TPSA) is 38.1 Å². The predicted molar refractivity (Wildman–Crippen MR) is 57.6 cm³/mol. The first-order valence-electron chi connectivity index (χ1n) is 5.52. The second kappa shape index (κ2) is 5.03. The van der Waals surface area contributed by atoms with Crippen LogP contribution in [0.3, 0.4) is 0 Å². The van der Waals surface area contributed by atoms with Gasteiger partial charge in [-0.1, -0.05) is 27.2 Å². The Morgan fingerprint density at radius 1 is 1.21 bits per heavy atom. The van der Waals surface area contributed by atoms with Crippen molar-refractivity contribution in [2.45, 2.75) is 53.0 Å². The highest BCUT2D eigenvalue weighted by Gasteiger charge is 2.13. The molecule has 14 heavy (non-hydrogen) atoms. The molecule has 0 aliphatic carbocycles. The first-order valence-corrected chi connectivity index (χ1v) is 5.52. The lowest BCUT2D eigenvalue weighted by atomic mass is 10.2. The molecule has 0 unspecified atom stereocenters. The second-order valence-electron chi connectivity index (χ2n) is 3.57. The maximum absolute atomic E-state index is 9.88. The van der Waals surface area contributed by atoms with Crippen molar-refractivity contribution in [2.75, 3.05) is 0 Å². The standard InChI is InChI=1S/C11H20N2O/c1-4-7-10-11(14)9(6-3)12-13(10)8-5-2/h14H,4-8H2,1-3H3. The van der Waals surface area contributed by atoms with Gasteiger partial charge in [-0.05, 0) is 19.3 Å². The summed E-state index contributed by atoms with van der Waals surface area (Å²) in [6, 6.07) is 0. The van der Waals surface area contributed by atoms with E-state index >= 15 is 0 Å². The maximum Gasteiger partial charge on any atom is 0.160 e. The number of hydrogen-bond acceptors (Lipinski definition) is 2. The molecule has 1 heterocycles. The quantitative estimate of drug-likeness (QED) is 0.785. The summed E-state index contributed by atoms with van der Waals surface area (Å²) in [6.07, 6.45) is 3.82. The van der Waals surface area contributed by atoms with E-state index in [1.54, 1.807) is 0 Å². The van der Waals surface area contributed by atoms with Crippen LogP contribution >= 0.6 is 0 Å². The average Bonchev–Trinajstić information content (AvgIpc) is 2.47. The van der Waals surface area contributed by atoms with Gasteiger partial charge in [-0.25, -0.2) is 0 Å². The van der Waals surface area contributed by atoms with Gasteiger partial charge in [0.15, 0.2) is 5.75 Å². The van der Waals surface area contributed by atoms with Crippen molar-refractivity contribution in [3.8, 4) is 5.75 Å². The van der Waals surface area contributed by atoms with Gasteiger partial charge in [0.1, 0.15) is 5.69 Å². The molecule has 3 heteroatoms. The lowest BCUT2D eigenvalue weighted by molar-refractivity contribution is 0.457. The van der Waals surface area contributed by atoms with Gasteiger partial charge < -0.3 is 5.11 Å². The molecule has 0 amide bonds. The third-order valence-corrected chi connectivity index (χ3v) is 2.36. The number of rotatable bonds is 5. The fraction of sp³-hybridized carbons (Fsp3) is 0.727. The van der Waals surface area contributed by atoms with Crippen molar-refractivity contribution in [1.29, 1.82) is 0 Å². The first kappa shape index (κ1) is 11.1. The minimum Gasteiger partial charge on any atom is -0.504 e. The summed E-state index contributed by atoms with van der Waals surface area (Å²) >= 11 is 0. The van der Waals surface area contributed by atoms with E-state index in [0.717, 1.165) is 43.6 Å². The Morgan fingerprint density at radius 2 is 1.93 bits per heavy atom. The Hall–Kier alpha value is -0.990. The monoisotopic (exact) mass is 196 g/mol. The van der Waals surface area contributed by atoms with Crippen LogP contribution in [0.2, 0.25) is 0 Å². The van der Waals surface area contributed by atoms with Crippen LogP contribution < -0.4 is 0 Å². The summed E-state index contributed by atoms with van der Waals surface area (Å²) in [4.78, 5) is 0. The van der Waals surface area contributed by atoms with E-state index in [0.29, 0.717) is 5.75 Å². The highest BCUT2D eigenvalue weighted by atomic mass is 16.3. The number of nitrogens with zero attached hydrogens (tertiary/aromatic N) is 2. The highest BCUT2D eigenvalue weighted by molar-refractivity contribution is 5.32. The fourth-order valence-corrected chi connectivity index (χ4v) is 1.66. The van der Waals surface area contributed by atoms with Crippen LogP contribution in [0.25, 0.3) is 0 Å². The van der Waals surface area contributed by atoms with E-state index in [1.807, 2.05) is 11.6 Å². The van der Waals surface area contributed by atoms with E-state index in [2.05, 4.69) is 18.9 Å². The molecule has 1 rings (SSSR count). The molecule has 0 fully saturated rings. The molecule has 0 aliphatic heterocycles. The van der Waals surface area contributed by atoms with Gasteiger partial charge in [0, 0.05) is 6.54 Å². The number of hydrogen-bond donors (Lipinski definition) is 1. The van der Waals surface area contributed by atoms with Crippen molar-refractivity contribution in [3.05, 3.63) is 11.4 Å². The zero-order chi connectivity index (χ0) is 10.6. The van der Waals surface area contributed by atoms with Gasteiger partial charge in [0.05, 0.1) is 5.69 Å². The van der Waals surface area contributed by atoms with Crippen LogP contribution in [0.15, 0.2) is 0 Å². The van der Waals surface area contributed by atoms with Crippen molar-refractivity contribution in [3.63, 3.8) is 0 Å². The van der Waals surface area contributed by atoms with Crippen LogP contribution in [0.5, 0.6) is 5.75 Å². The third-order valence-electron chi connectivity index (χ3n) is 2.36. The molecule has 0 spiro atoms. The smallest absolute Gasteiger partial charge is 0.160 e. The van der Waals surface area contributed by atoms with Gasteiger partial charge in [-0.2, -0.15) is 5.10 Å². The molecule has 0 aliphatic rings. The molecule has 1 aromatic heterocycles. The molecule has 0 aromatic carbocycles. The van der Waals surface area contributed by atoms with Crippen molar-refractivity contribution in [1.82, 2.24) is 9.78 Å². The first-order chi connectivity index (χ1) is 6.74. The molecule has 3 nitrogen and oxygen atoms in total. The lowest BCUT2D eigenvalue weighted by Gasteiger charge is -2.04. The number of aromatic nitrogens is 2. The SMILES string of the molecule is CCCc1c(O)c(CC)nn1CCC. The third kappa shape index (κ3) is 2.08. The zero-order valence-electron chi connectivity index (χ0n) is 9.38. The lowest BCUT2D eigenvalue weighted by Crippen LogP contribution is -2.04. The Labute approximate surface area is 85.8 Å². The largest absolute Gasteiger partial charge is 0.504 e. The summed E-state index contributed by atoms with van der Waals surface area (Å²) < 4.78 is 1.96. The molecule has 0 saturated heterocycles. The molecule has 0 saturated carbocycles. The van der Waals surface area contributed by atoms with Gasteiger partial charge in [-0.15, -0.1) is 0 Å². The molecule has 0 radical (unpaired) electrons. The summed E-state index contributed by atoms with van der Waals surface area (Å²) in [5, 5.41) is 14.3. The van der Waals surface area contributed by atoms with Crippen LogP contribution in [0.4, 0.5) is 0 Å². The zero-order valence-corrected chi connectivity index (χ0v) is 9.38. The normalized spacial score (nSPS) is 10.8. The van der Waals surface area contributed by atoms with E-state index in [4.69, 9.17) is 0 Å². The van der Waals surface area contributed by atoms with Crippen LogP contribution in [0.1, 0.15) is 45.0 Å². The summed E-state index contributed by atoms with van der Waals surface area (Å²) in [7, 11) is 0. The molecule has 0 bridgehead atoms. The predicted octanol–water partition coefficient (Wildman–Crippen LogP) is 2.51. The molecular weight excluding hydrogens is 176 g/mol. The Morgan fingerprint density at radius 3 is 2.43 bits per heavy atom. The Bertz CT molecular complexity index is 292. The minimum atomic E-state index is 0.419. The average molecular weight is 196 g/mol. The second-order valence-corrected chi connectivity index (χ2v) is 3.57. The van der Waals surface area contributed by atoms with E-state index in [-0.39, 0.29) is 0 Å². The Balaban J connectivity index is 3.00. The van der Waals surface area contributed by atoms with Crippen molar-refractivity contribution in [2.24, 2.45) is 0 Å². The van der Waals surface area contributed by atoms with Crippen molar-refractivity contribution >= 4 is 0 Å². The number of aryl methyl sites for hydroxylation is 2. The van der Waals surface area contributed by atoms with Gasteiger partial charge in [0.25, 0.3) is 0 Å². The Kier molecular flexibility index (Phi) is 3.98. The van der Waals surface area contributed by atoms with Crippen LogP contribution in [0, 0.1) is 0 Å². The molecular formula is C11H20N2O. The van der Waals surface area contributed by atoms with Gasteiger partial charge >= 0.3 is 0 Å². The fourth-order valence-electron chi connectivity index (χ4n) is 1.66. The molecule has 0 atom stereocenters. The molecule has 80 valence electrons. The van der Waals surface area contributed by atoms with Crippen molar-refractivity contribution < 1.29 is 5.11 Å².